The van der Waals surface area contributed by atoms with E-state index in [0.29, 0.717) is 17.1 Å². The smallest absolute Gasteiger partial charge is 0.168 e. The Morgan fingerprint density at radius 2 is 1.17 bits per heavy atom. The summed E-state index contributed by atoms with van der Waals surface area (Å²) in [5.41, 5.74) is 0.735. The molecular formula is C26H34O3. The van der Waals surface area contributed by atoms with Crippen molar-refractivity contribution in [1.82, 2.24) is 0 Å². The summed E-state index contributed by atoms with van der Waals surface area (Å²) in [6.45, 7) is 12.2. The van der Waals surface area contributed by atoms with Gasteiger partial charge in [0.05, 0.1) is 0 Å². The van der Waals surface area contributed by atoms with Crippen molar-refractivity contribution in [2.45, 2.75) is 67.2 Å². The van der Waals surface area contributed by atoms with E-state index in [1.165, 1.54) is 0 Å². The zero-order valence-electron chi connectivity index (χ0n) is 18.7. The molecule has 2 aromatic carbocycles. The molecule has 3 heteroatoms. The number of benzene rings is 2. The minimum Gasteiger partial charge on any atom is -0.457 e. The molecule has 0 aliphatic rings. The highest BCUT2D eigenvalue weighted by Gasteiger charge is 2.31. The van der Waals surface area contributed by atoms with Crippen LogP contribution in [0.2, 0.25) is 0 Å². The maximum absolute atomic E-state index is 12.9. The lowest BCUT2D eigenvalue weighted by molar-refractivity contribution is 0.0793. The highest BCUT2D eigenvalue weighted by atomic mass is 16.5. The number of rotatable bonds is 10. The Bertz CT molecular complexity index is 831. The molecule has 156 valence electrons. The van der Waals surface area contributed by atoms with Crippen LogP contribution in [0.4, 0.5) is 0 Å². The molecule has 0 amide bonds. The summed E-state index contributed by atoms with van der Waals surface area (Å²) < 4.78 is 5.90. The zero-order chi connectivity index (χ0) is 21.7. The fourth-order valence-electron chi connectivity index (χ4n) is 3.39. The quantitative estimate of drug-likeness (QED) is 0.392. The minimum absolute atomic E-state index is 0.139. The maximum Gasteiger partial charge on any atom is 0.168 e. The Hall–Kier alpha value is -2.42. The Morgan fingerprint density at radius 3 is 1.55 bits per heavy atom. The Morgan fingerprint density at radius 1 is 0.724 bits per heavy atom. The summed E-state index contributed by atoms with van der Waals surface area (Å²) in [5, 5.41) is 0. The summed E-state index contributed by atoms with van der Waals surface area (Å²) in [5.74, 6) is 1.66. The molecule has 2 aromatic rings. The predicted molar refractivity (Wildman–Crippen MR) is 119 cm³/mol. The van der Waals surface area contributed by atoms with Crippen molar-refractivity contribution in [3.63, 3.8) is 0 Å². The number of ketones is 2. The first-order chi connectivity index (χ1) is 13.7. The van der Waals surface area contributed by atoms with Gasteiger partial charge < -0.3 is 4.74 Å². The highest BCUT2D eigenvalue weighted by molar-refractivity contribution is 6.00. The molecule has 0 fully saturated rings. The molecule has 1 atom stereocenters. The van der Waals surface area contributed by atoms with Gasteiger partial charge in [0, 0.05) is 22.0 Å². The molecule has 0 aliphatic carbocycles. The van der Waals surface area contributed by atoms with Crippen molar-refractivity contribution < 1.29 is 14.3 Å². The Kier molecular flexibility index (Phi) is 7.40. The number of carbonyl (C=O) groups is 2. The minimum atomic E-state index is -0.366. The van der Waals surface area contributed by atoms with E-state index < -0.39 is 0 Å². The summed E-state index contributed by atoms with van der Waals surface area (Å²) in [4.78, 5) is 25.4. The van der Waals surface area contributed by atoms with Gasteiger partial charge in [0.2, 0.25) is 0 Å². The second-order valence-electron chi connectivity index (χ2n) is 8.71. The molecule has 0 aromatic heterocycles. The van der Waals surface area contributed by atoms with Crippen LogP contribution in [-0.4, -0.2) is 11.6 Å². The molecule has 3 nitrogen and oxygen atoms in total. The van der Waals surface area contributed by atoms with Crippen LogP contribution in [0, 0.1) is 10.8 Å². The van der Waals surface area contributed by atoms with Gasteiger partial charge in [-0.2, -0.15) is 0 Å². The predicted octanol–water partition coefficient (Wildman–Crippen LogP) is 7.50. The third-order valence-electron chi connectivity index (χ3n) is 6.10. The molecule has 0 aliphatic heterocycles. The van der Waals surface area contributed by atoms with Crippen LogP contribution in [0.25, 0.3) is 0 Å². The topological polar surface area (TPSA) is 43.4 Å². The van der Waals surface area contributed by atoms with Crippen LogP contribution >= 0.6 is 0 Å². The molecule has 0 radical (unpaired) electrons. The van der Waals surface area contributed by atoms with Crippen LogP contribution in [0.5, 0.6) is 11.5 Å². The van der Waals surface area contributed by atoms with Gasteiger partial charge in [-0.1, -0.05) is 48.0 Å². The number of ether oxygens (including phenoxy) is 1. The first-order valence-corrected chi connectivity index (χ1v) is 10.6. The molecule has 0 bridgehead atoms. The van der Waals surface area contributed by atoms with E-state index >= 15 is 0 Å². The van der Waals surface area contributed by atoms with Gasteiger partial charge in [0.15, 0.2) is 11.6 Å². The summed E-state index contributed by atoms with van der Waals surface area (Å²) in [6.07, 6.45) is 3.51. The standard InChI is InChI=1S/C26H34O3/c1-7-18-26(6,9-3)24(28)20-12-16-22(17-13-20)29-21-14-10-19(11-15-21)23(27)25(4,5)8-2/h10-17H,7-9,18H2,1-6H3. The van der Waals surface area contributed by atoms with Gasteiger partial charge in [-0.3, -0.25) is 9.59 Å². The molecule has 0 N–H and O–H groups in total. The van der Waals surface area contributed by atoms with Gasteiger partial charge in [-0.15, -0.1) is 0 Å². The molecule has 0 saturated heterocycles. The number of hydrogen-bond donors (Lipinski definition) is 0. The molecule has 29 heavy (non-hydrogen) atoms. The first-order valence-electron chi connectivity index (χ1n) is 10.6. The lowest BCUT2D eigenvalue weighted by atomic mass is 9.76. The van der Waals surface area contributed by atoms with Gasteiger partial charge in [-0.05, 0) is 67.8 Å². The average molecular weight is 395 g/mol. The van der Waals surface area contributed by atoms with Crippen molar-refractivity contribution in [1.29, 1.82) is 0 Å². The van der Waals surface area contributed by atoms with Gasteiger partial charge in [0.25, 0.3) is 0 Å². The van der Waals surface area contributed by atoms with E-state index in [9.17, 15) is 9.59 Å². The molecule has 0 heterocycles. The Labute approximate surface area is 175 Å². The van der Waals surface area contributed by atoms with Crippen molar-refractivity contribution >= 4 is 11.6 Å². The summed E-state index contributed by atoms with van der Waals surface area (Å²) in [6, 6.07) is 14.6. The van der Waals surface area contributed by atoms with Crippen molar-refractivity contribution in [2.75, 3.05) is 0 Å². The summed E-state index contributed by atoms with van der Waals surface area (Å²) in [7, 11) is 0. The van der Waals surface area contributed by atoms with Crippen LogP contribution in [0.1, 0.15) is 87.9 Å². The second-order valence-corrected chi connectivity index (χ2v) is 8.71. The SMILES string of the molecule is CCCC(C)(CC)C(=O)c1ccc(Oc2ccc(C(=O)C(C)(C)CC)cc2)cc1. The summed E-state index contributed by atoms with van der Waals surface area (Å²) >= 11 is 0. The van der Waals surface area contributed by atoms with E-state index in [1.807, 2.05) is 76.2 Å². The monoisotopic (exact) mass is 394 g/mol. The van der Waals surface area contributed by atoms with Gasteiger partial charge >= 0.3 is 0 Å². The van der Waals surface area contributed by atoms with Crippen LogP contribution in [0.15, 0.2) is 48.5 Å². The fourth-order valence-corrected chi connectivity index (χ4v) is 3.39. The highest BCUT2D eigenvalue weighted by Crippen LogP contribution is 2.33. The van der Waals surface area contributed by atoms with E-state index in [0.717, 1.165) is 31.2 Å². The molecule has 0 spiro atoms. The van der Waals surface area contributed by atoms with Crippen molar-refractivity contribution in [2.24, 2.45) is 10.8 Å². The van der Waals surface area contributed by atoms with E-state index in [2.05, 4.69) is 13.8 Å². The first kappa shape index (κ1) is 22.9. The third-order valence-corrected chi connectivity index (χ3v) is 6.10. The largest absolute Gasteiger partial charge is 0.457 e. The lowest BCUT2D eigenvalue weighted by Gasteiger charge is -2.26. The number of carbonyl (C=O) groups excluding carboxylic acids is 2. The van der Waals surface area contributed by atoms with Gasteiger partial charge in [-0.25, -0.2) is 0 Å². The molecular weight excluding hydrogens is 360 g/mol. The Balaban J connectivity index is 2.10. The zero-order valence-corrected chi connectivity index (χ0v) is 18.7. The van der Waals surface area contributed by atoms with Crippen LogP contribution < -0.4 is 4.74 Å². The molecule has 1 unspecified atom stereocenters. The van der Waals surface area contributed by atoms with Crippen molar-refractivity contribution in [3.8, 4) is 11.5 Å². The van der Waals surface area contributed by atoms with E-state index in [-0.39, 0.29) is 22.4 Å². The second kappa shape index (κ2) is 9.39. The fraction of sp³-hybridized carbons (Fsp3) is 0.462. The van der Waals surface area contributed by atoms with Gasteiger partial charge in [0.1, 0.15) is 11.5 Å². The maximum atomic E-state index is 12.9. The number of hydrogen-bond acceptors (Lipinski definition) is 3. The van der Waals surface area contributed by atoms with Crippen LogP contribution in [0.3, 0.4) is 0 Å². The average Bonchev–Trinajstić information content (AvgIpc) is 2.74. The van der Waals surface area contributed by atoms with E-state index in [4.69, 9.17) is 4.74 Å². The van der Waals surface area contributed by atoms with Crippen LogP contribution in [-0.2, 0) is 0 Å². The van der Waals surface area contributed by atoms with E-state index in [1.54, 1.807) is 0 Å². The third kappa shape index (κ3) is 5.35. The van der Waals surface area contributed by atoms with Crippen molar-refractivity contribution in [3.05, 3.63) is 59.7 Å². The lowest BCUT2D eigenvalue weighted by Crippen LogP contribution is -2.27. The normalized spacial score (nSPS) is 13.6. The molecule has 0 saturated carbocycles. The number of Topliss-reactive ketones (excluding diaryl/α,β-unsaturated/α-hetero) is 2. The molecule has 2 rings (SSSR count).